The maximum absolute atomic E-state index is 14.5. The highest BCUT2D eigenvalue weighted by atomic mass is 16.3. The summed E-state index contributed by atoms with van der Waals surface area (Å²) in [6, 6.07) is 37.2. The second-order valence-electron chi connectivity index (χ2n) is 32.4. The van der Waals surface area contributed by atoms with Crippen molar-refractivity contribution < 1.29 is 39.0 Å². The molecule has 17 rings (SSSR count). The third kappa shape index (κ3) is 16.1. The lowest BCUT2D eigenvalue weighted by Gasteiger charge is -2.40. The highest BCUT2D eigenvalue weighted by molar-refractivity contribution is 6.24. The summed E-state index contributed by atoms with van der Waals surface area (Å²) in [6.45, 7) is 18.6. The third-order valence-corrected chi connectivity index (χ3v) is 23.8. The number of allylic oxidation sites excluding steroid dienone is 2. The zero-order valence-corrected chi connectivity index (χ0v) is 67.3. The molecule has 5 fully saturated rings. The van der Waals surface area contributed by atoms with Gasteiger partial charge in [-0.25, -0.2) is 38.7 Å². The number of nitrogens with zero attached hydrogens (tertiary/aromatic N) is 17. The SMILES string of the molecule is C=CCn1c(=O)c2cnc(Nc3ccc(N4CCN(CC5CCN(c6ccc7c(C8CCC(=O)NC8=O)nn(C)c7c6)CC5)CC4)cc3)nc2n1-c1cccc(C(C)(O)C/C=C/Cn2c(=O)c3cnc(Nc4ccc(N5CCC(NCCNc6ccc7c(c6)C(=O)N(C6CCC(=O)NC6=O)C7=O)CC5)cc4)nc3n2-c2cccc(C(C)(C)O)n2)n1. The van der Waals surface area contributed by atoms with Crippen LogP contribution in [0.4, 0.5) is 46.0 Å². The summed E-state index contributed by atoms with van der Waals surface area (Å²) in [7, 11) is 1.91. The number of piperidine rings is 4. The first kappa shape index (κ1) is 79.4. The van der Waals surface area contributed by atoms with Crippen LogP contribution in [0.3, 0.4) is 0 Å². The minimum Gasteiger partial charge on any atom is -0.384 e. The van der Waals surface area contributed by atoms with Gasteiger partial charge < -0.3 is 46.2 Å². The topological polar surface area (TPSA) is 380 Å². The number of rotatable bonds is 26. The lowest BCUT2D eigenvalue weighted by molar-refractivity contribution is -0.137. The van der Waals surface area contributed by atoms with Crippen molar-refractivity contribution in [1.82, 2.24) is 84.2 Å². The number of imide groups is 3. The monoisotopic (exact) mass is 1620 g/mol. The van der Waals surface area contributed by atoms with Crippen LogP contribution in [0.25, 0.3) is 44.6 Å². The van der Waals surface area contributed by atoms with E-state index in [4.69, 9.17) is 25.0 Å². The second kappa shape index (κ2) is 33.0. The lowest BCUT2D eigenvalue weighted by atomic mass is 9.92. The van der Waals surface area contributed by atoms with Gasteiger partial charge in [0.25, 0.3) is 22.9 Å². The Bertz CT molecular complexity index is 5990. The van der Waals surface area contributed by atoms with E-state index in [1.54, 1.807) is 103 Å². The number of aliphatic hydroxyl groups is 2. The Morgan fingerprint density at radius 3 is 1.73 bits per heavy atom. The summed E-state index contributed by atoms with van der Waals surface area (Å²) in [5, 5.41) is 47.9. The van der Waals surface area contributed by atoms with Crippen molar-refractivity contribution in [2.45, 2.75) is 121 Å². The Labute approximate surface area is 689 Å². The quantitative estimate of drug-likeness (QED) is 0.0147. The molecule has 11 aromatic rings. The summed E-state index contributed by atoms with van der Waals surface area (Å²) in [5.74, 6) is -1.37. The Hall–Kier alpha value is -13.1. The molecule has 120 heavy (non-hydrogen) atoms. The first-order valence-corrected chi connectivity index (χ1v) is 41.0. The fraction of sp³-hybridized carbons (Fsp3) is 0.368. The molecule has 4 aromatic carbocycles. The Morgan fingerprint density at radius 2 is 1.11 bits per heavy atom. The van der Waals surface area contributed by atoms with E-state index in [-0.39, 0.29) is 95.2 Å². The van der Waals surface area contributed by atoms with Gasteiger partial charge in [0.05, 0.1) is 52.7 Å². The van der Waals surface area contributed by atoms with Crippen LogP contribution in [0.15, 0.2) is 168 Å². The van der Waals surface area contributed by atoms with E-state index in [1.165, 1.54) is 21.8 Å². The zero-order chi connectivity index (χ0) is 83.3. The van der Waals surface area contributed by atoms with Crippen molar-refractivity contribution >= 4 is 114 Å². The summed E-state index contributed by atoms with van der Waals surface area (Å²) in [6.07, 6.45) is 13.1. The van der Waals surface area contributed by atoms with Crippen LogP contribution in [0.1, 0.15) is 122 Å². The predicted octanol–water partition coefficient (Wildman–Crippen LogP) is 7.54. The summed E-state index contributed by atoms with van der Waals surface area (Å²) >= 11 is 0. The number of aromatic nitrogens is 12. The Kier molecular flexibility index (Phi) is 21.8. The molecule has 33 heteroatoms. The summed E-state index contributed by atoms with van der Waals surface area (Å²) in [5.41, 5.74) is 5.23. The van der Waals surface area contributed by atoms with Crippen LogP contribution < -0.4 is 57.7 Å². The van der Waals surface area contributed by atoms with E-state index >= 15 is 0 Å². The van der Waals surface area contributed by atoms with Gasteiger partial charge in [-0.1, -0.05) is 30.4 Å². The molecule has 6 amide bonds. The van der Waals surface area contributed by atoms with Gasteiger partial charge in [-0.2, -0.15) is 15.1 Å². The van der Waals surface area contributed by atoms with E-state index < -0.39 is 52.3 Å². The van der Waals surface area contributed by atoms with Gasteiger partial charge in [0.2, 0.25) is 35.5 Å². The predicted molar refractivity (Wildman–Crippen MR) is 454 cm³/mol. The van der Waals surface area contributed by atoms with E-state index in [1.807, 2.05) is 48.1 Å². The molecule has 618 valence electrons. The number of piperazine rings is 1. The van der Waals surface area contributed by atoms with Crippen molar-refractivity contribution in [3.05, 3.63) is 207 Å². The highest BCUT2D eigenvalue weighted by Crippen LogP contribution is 2.37. The molecule has 3 atom stereocenters. The minimum atomic E-state index is -1.56. The zero-order valence-electron chi connectivity index (χ0n) is 67.3. The van der Waals surface area contributed by atoms with Gasteiger partial charge in [0.15, 0.2) is 22.9 Å². The minimum absolute atomic E-state index is 0.0165. The second-order valence-corrected chi connectivity index (χ2v) is 32.4. The van der Waals surface area contributed by atoms with Crippen molar-refractivity contribution in [1.29, 1.82) is 0 Å². The molecule has 13 heterocycles. The molecule has 33 nitrogen and oxygen atoms in total. The molecule has 0 aliphatic carbocycles. The number of carbonyl (C=O) groups excluding carboxylic acids is 6. The number of carbonyl (C=O) groups is 6. The van der Waals surface area contributed by atoms with E-state index in [0.717, 1.165) is 129 Å². The van der Waals surface area contributed by atoms with Gasteiger partial charge in [-0.3, -0.25) is 63.5 Å². The summed E-state index contributed by atoms with van der Waals surface area (Å²) < 4.78 is 8.02. The molecule has 0 saturated carbocycles. The van der Waals surface area contributed by atoms with Crippen LogP contribution in [0.2, 0.25) is 0 Å². The first-order valence-electron chi connectivity index (χ1n) is 41.0. The van der Waals surface area contributed by atoms with Gasteiger partial charge in [0.1, 0.15) is 28.0 Å². The number of pyridine rings is 2. The van der Waals surface area contributed by atoms with Crippen LogP contribution in [-0.4, -0.2) is 198 Å². The van der Waals surface area contributed by atoms with Gasteiger partial charge in [-0.05, 0) is 181 Å². The maximum Gasteiger partial charge on any atom is 0.278 e. The van der Waals surface area contributed by atoms with E-state index in [2.05, 4.69) is 98.4 Å². The van der Waals surface area contributed by atoms with Crippen molar-refractivity contribution in [3.63, 3.8) is 0 Å². The van der Waals surface area contributed by atoms with E-state index in [0.29, 0.717) is 71.9 Å². The maximum atomic E-state index is 14.5. The fourth-order valence-corrected chi connectivity index (χ4v) is 17.2. The first-order chi connectivity index (χ1) is 58.0. The number of fused-ring (bicyclic) bond motifs is 4. The largest absolute Gasteiger partial charge is 0.384 e. The van der Waals surface area contributed by atoms with Crippen molar-refractivity contribution in [2.24, 2.45) is 13.0 Å². The van der Waals surface area contributed by atoms with Crippen LogP contribution in [0, 0.1) is 5.92 Å². The normalized spacial score (nSPS) is 18.5. The molecule has 0 radical (unpaired) electrons. The lowest BCUT2D eigenvalue weighted by Crippen LogP contribution is -2.54. The van der Waals surface area contributed by atoms with Crippen molar-refractivity contribution in [2.75, 3.05) is 103 Å². The average Bonchev–Trinajstić information content (AvgIpc) is 1.61. The number of aryl methyl sites for hydroxylation is 1. The number of hydrogen-bond donors (Lipinski definition) is 8. The fourth-order valence-electron chi connectivity index (χ4n) is 17.2. The number of anilines is 8. The molecule has 3 unspecified atom stereocenters. The number of benzene rings is 4. The number of amides is 6. The van der Waals surface area contributed by atoms with Gasteiger partial charge >= 0.3 is 0 Å². The highest BCUT2D eigenvalue weighted by Gasteiger charge is 2.45. The smallest absolute Gasteiger partial charge is 0.278 e. The molecule has 5 saturated heterocycles. The van der Waals surface area contributed by atoms with Crippen LogP contribution in [0.5, 0.6) is 0 Å². The average molecular weight is 1620 g/mol. The van der Waals surface area contributed by atoms with E-state index in [9.17, 15) is 48.6 Å². The van der Waals surface area contributed by atoms with Crippen LogP contribution in [-0.2, 0) is 50.5 Å². The Morgan fingerprint density at radius 1 is 0.550 bits per heavy atom. The van der Waals surface area contributed by atoms with Gasteiger partial charge in [0, 0.05) is 150 Å². The standard InChI is InChI=1S/C87H95N23O10/c1-6-38-106-80(115)65-50-90-84(93-56-17-22-59(23-18-56)105-46-44-102(45-47-105)52-53-31-40-104(41-32-53)60-24-26-62-68(49-60)101(5)100-75(62)63-27-29-73(111)96-78(63)113)98-76(65)109(106)72-14-10-12-70(95-72)87(4,120)35-7-8-39-107-81(116)66-51-91-85(99-77(66)110(107)71-13-9-11-69(94-71)86(2,3)119)92-55-15-20-58(21-16-55)103-42-33-54(34-43-103)88-36-37-89-57-19-25-61-64(48-57)83(118)108(82(61)117)67-28-30-74(112)97-79(67)114/h6-26,48-51,53-54,63,67,88-89,119-120H,1,27-47,52H2,2-5H3,(H,90,93,98)(H,91,92,99)(H,96,111,113)(H,97,112,114)/b8-7+. The number of nitrogens with one attached hydrogen (secondary N) is 6. The molecular weight excluding hydrogens is 1530 g/mol. The molecule has 0 bridgehead atoms. The van der Waals surface area contributed by atoms with Gasteiger partial charge in [-0.15, -0.1) is 6.58 Å². The summed E-state index contributed by atoms with van der Waals surface area (Å²) in [4.78, 5) is 144. The molecule has 6 aliphatic rings. The molecule has 0 spiro atoms. The molecule has 6 aliphatic heterocycles. The Balaban J connectivity index is 0.505. The van der Waals surface area contributed by atoms with Crippen molar-refractivity contribution in [3.8, 4) is 11.6 Å². The molecular formula is C87H95N23O10. The number of hydrogen-bond acceptors (Lipinski definition) is 25. The third-order valence-electron chi connectivity index (χ3n) is 23.8. The molecule has 8 N–H and O–H groups in total. The van der Waals surface area contributed by atoms with Crippen LogP contribution >= 0.6 is 0 Å². The molecule has 7 aromatic heterocycles.